The smallest absolute Gasteiger partial charge is 0.423 e. The maximum Gasteiger partial charge on any atom is 0.491 e. The number of hydrogen-bond donors (Lipinski definition) is 2. The van der Waals surface area contributed by atoms with Crippen LogP contribution >= 0.6 is 23.2 Å². The summed E-state index contributed by atoms with van der Waals surface area (Å²) in [5.74, 6) is 0. The van der Waals surface area contributed by atoms with Crippen LogP contribution in [0.2, 0.25) is 10.0 Å². The van der Waals surface area contributed by atoms with E-state index < -0.39 is 7.12 Å². The molecule has 7 heteroatoms. The number of nitrogens with zero attached hydrogens (tertiary/aromatic N) is 2. The summed E-state index contributed by atoms with van der Waals surface area (Å²) in [7, 11) is -1.53. The Kier molecular flexibility index (Phi) is 3.21. The lowest BCUT2D eigenvalue weighted by molar-refractivity contribution is 0.426. The van der Waals surface area contributed by atoms with Gasteiger partial charge in [0.2, 0.25) is 0 Å². The molecule has 1 aromatic heterocycles. The minimum atomic E-state index is -1.53. The minimum Gasteiger partial charge on any atom is -0.423 e. The topological polar surface area (TPSA) is 58.3 Å². The van der Waals surface area contributed by atoms with E-state index in [1.807, 2.05) is 0 Å². The molecule has 0 fully saturated rings. The summed E-state index contributed by atoms with van der Waals surface area (Å²) in [6.45, 7) is 0. The van der Waals surface area contributed by atoms with E-state index in [4.69, 9.17) is 33.2 Å². The van der Waals surface area contributed by atoms with Gasteiger partial charge < -0.3 is 10.0 Å². The molecule has 1 aromatic carbocycles. The van der Waals surface area contributed by atoms with Gasteiger partial charge in [-0.3, -0.25) is 0 Å². The number of benzene rings is 1. The summed E-state index contributed by atoms with van der Waals surface area (Å²) in [5, 5.41) is 22.7. The number of hydrogen-bond acceptors (Lipinski definition) is 3. The zero-order valence-electron chi connectivity index (χ0n) is 8.01. The largest absolute Gasteiger partial charge is 0.491 e. The fourth-order valence-electron chi connectivity index (χ4n) is 1.24. The van der Waals surface area contributed by atoms with E-state index in [1.54, 1.807) is 18.2 Å². The van der Waals surface area contributed by atoms with Crippen LogP contribution in [0, 0.1) is 0 Å². The monoisotopic (exact) mass is 256 g/mol. The first-order valence-corrected chi connectivity index (χ1v) is 5.19. The van der Waals surface area contributed by atoms with Crippen LogP contribution in [-0.4, -0.2) is 26.9 Å². The van der Waals surface area contributed by atoms with Crippen LogP contribution in [0.1, 0.15) is 0 Å². The Bertz CT molecular complexity index is 516. The Morgan fingerprint density at radius 2 is 1.94 bits per heavy atom. The molecule has 0 radical (unpaired) electrons. The maximum atomic E-state index is 8.94. The zero-order chi connectivity index (χ0) is 11.7. The quantitative estimate of drug-likeness (QED) is 0.784. The Morgan fingerprint density at radius 3 is 2.50 bits per heavy atom. The Morgan fingerprint density at radius 1 is 1.19 bits per heavy atom. The van der Waals surface area contributed by atoms with Crippen molar-refractivity contribution in [3.63, 3.8) is 0 Å². The van der Waals surface area contributed by atoms with Crippen molar-refractivity contribution in [3.05, 3.63) is 40.6 Å². The van der Waals surface area contributed by atoms with Crippen LogP contribution in [-0.2, 0) is 0 Å². The number of halogens is 2. The van der Waals surface area contributed by atoms with Gasteiger partial charge in [-0.05, 0) is 18.2 Å². The van der Waals surface area contributed by atoms with Gasteiger partial charge in [0, 0.05) is 17.9 Å². The van der Waals surface area contributed by atoms with Gasteiger partial charge in [-0.1, -0.05) is 23.2 Å². The van der Waals surface area contributed by atoms with Gasteiger partial charge in [0.1, 0.15) is 0 Å². The molecule has 0 aliphatic rings. The average molecular weight is 257 g/mol. The zero-order valence-corrected chi connectivity index (χ0v) is 9.52. The van der Waals surface area contributed by atoms with E-state index in [1.165, 1.54) is 17.1 Å². The van der Waals surface area contributed by atoms with Crippen molar-refractivity contribution in [3.8, 4) is 5.69 Å². The molecule has 2 rings (SSSR count). The third-order valence-electron chi connectivity index (χ3n) is 2.07. The summed E-state index contributed by atoms with van der Waals surface area (Å²) in [6.07, 6.45) is 2.87. The van der Waals surface area contributed by atoms with Crippen molar-refractivity contribution >= 4 is 35.8 Å². The standard InChI is InChI=1S/C9H7BCl2N2O2/c11-8-2-1-7(3-9(8)12)14-5-6(4-13-14)10(15)16/h1-5,15-16H. The lowest BCUT2D eigenvalue weighted by Crippen LogP contribution is -2.28. The first kappa shape index (κ1) is 11.5. The summed E-state index contributed by atoms with van der Waals surface area (Å²) >= 11 is 11.6. The van der Waals surface area contributed by atoms with Gasteiger partial charge in [0.15, 0.2) is 0 Å². The maximum absolute atomic E-state index is 8.94. The van der Waals surface area contributed by atoms with Crippen molar-refractivity contribution in [2.24, 2.45) is 0 Å². The van der Waals surface area contributed by atoms with E-state index >= 15 is 0 Å². The lowest BCUT2D eigenvalue weighted by atomic mass is 9.83. The van der Waals surface area contributed by atoms with Gasteiger partial charge in [-0.25, -0.2) is 4.68 Å². The third-order valence-corrected chi connectivity index (χ3v) is 2.81. The van der Waals surface area contributed by atoms with E-state index in [0.717, 1.165) is 0 Å². The molecule has 0 spiro atoms. The van der Waals surface area contributed by atoms with Crippen LogP contribution < -0.4 is 5.46 Å². The molecule has 16 heavy (non-hydrogen) atoms. The van der Waals surface area contributed by atoms with Crippen LogP contribution in [0.3, 0.4) is 0 Å². The molecular weight excluding hydrogens is 250 g/mol. The number of rotatable bonds is 2. The summed E-state index contributed by atoms with van der Waals surface area (Å²) < 4.78 is 1.48. The highest BCUT2D eigenvalue weighted by atomic mass is 35.5. The fraction of sp³-hybridized carbons (Fsp3) is 0. The molecule has 0 bridgehead atoms. The summed E-state index contributed by atoms with van der Waals surface area (Å²) in [5.41, 5.74) is 1.01. The Hall–Kier alpha value is -1.01. The van der Waals surface area contributed by atoms with Gasteiger partial charge in [0.25, 0.3) is 0 Å². The van der Waals surface area contributed by atoms with Gasteiger partial charge in [0.05, 0.1) is 15.7 Å². The summed E-state index contributed by atoms with van der Waals surface area (Å²) in [4.78, 5) is 0. The average Bonchev–Trinajstić information content (AvgIpc) is 2.71. The van der Waals surface area contributed by atoms with Crippen LogP contribution in [0.5, 0.6) is 0 Å². The summed E-state index contributed by atoms with van der Waals surface area (Å²) in [6, 6.07) is 5.02. The lowest BCUT2D eigenvalue weighted by Gasteiger charge is -2.02. The minimum absolute atomic E-state index is 0.311. The predicted molar refractivity (Wildman–Crippen MR) is 63.4 cm³/mol. The third kappa shape index (κ3) is 2.22. The van der Waals surface area contributed by atoms with E-state index in [-0.39, 0.29) is 0 Å². The second kappa shape index (κ2) is 4.47. The molecule has 2 aromatic rings. The van der Waals surface area contributed by atoms with Crippen LogP contribution in [0.25, 0.3) is 5.69 Å². The van der Waals surface area contributed by atoms with E-state index in [2.05, 4.69) is 5.10 Å². The molecule has 0 aliphatic heterocycles. The molecular formula is C9H7BCl2N2O2. The van der Waals surface area contributed by atoms with Crippen LogP contribution in [0.15, 0.2) is 30.6 Å². The first-order valence-electron chi connectivity index (χ1n) is 4.44. The SMILES string of the molecule is OB(O)c1cnn(-c2ccc(Cl)c(Cl)c2)c1. The highest BCUT2D eigenvalue weighted by Crippen LogP contribution is 2.23. The van der Waals surface area contributed by atoms with Crippen LogP contribution in [0.4, 0.5) is 0 Å². The Labute approximate surface area is 102 Å². The second-order valence-electron chi connectivity index (χ2n) is 3.19. The van der Waals surface area contributed by atoms with E-state index in [0.29, 0.717) is 21.2 Å². The van der Waals surface area contributed by atoms with Gasteiger partial charge in [-0.15, -0.1) is 0 Å². The van der Waals surface area contributed by atoms with Crippen molar-refractivity contribution < 1.29 is 10.0 Å². The molecule has 4 nitrogen and oxygen atoms in total. The normalized spacial score (nSPS) is 10.5. The first-order chi connectivity index (χ1) is 7.58. The molecule has 1 heterocycles. The highest BCUT2D eigenvalue weighted by molar-refractivity contribution is 6.58. The molecule has 2 N–H and O–H groups in total. The molecule has 0 saturated heterocycles. The number of aromatic nitrogens is 2. The van der Waals surface area contributed by atoms with Crippen molar-refractivity contribution in [2.45, 2.75) is 0 Å². The highest BCUT2D eigenvalue weighted by Gasteiger charge is 2.13. The Balaban J connectivity index is 2.39. The van der Waals surface area contributed by atoms with Crippen molar-refractivity contribution in [1.29, 1.82) is 0 Å². The van der Waals surface area contributed by atoms with Gasteiger partial charge in [-0.2, -0.15) is 5.10 Å². The molecule has 0 atom stereocenters. The molecule has 82 valence electrons. The van der Waals surface area contributed by atoms with E-state index in [9.17, 15) is 0 Å². The van der Waals surface area contributed by atoms with Crippen molar-refractivity contribution in [1.82, 2.24) is 9.78 Å². The molecule has 0 amide bonds. The molecule has 0 unspecified atom stereocenters. The van der Waals surface area contributed by atoms with Gasteiger partial charge >= 0.3 is 7.12 Å². The predicted octanol–water partition coefficient (Wildman–Crippen LogP) is 0.859. The second-order valence-corrected chi connectivity index (χ2v) is 4.00. The molecule has 0 saturated carbocycles. The van der Waals surface area contributed by atoms with Crippen molar-refractivity contribution in [2.75, 3.05) is 0 Å². The molecule has 0 aliphatic carbocycles. The fourth-order valence-corrected chi connectivity index (χ4v) is 1.53.